The van der Waals surface area contributed by atoms with Crippen molar-refractivity contribution in [2.75, 3.05) is 0 Å². The van der Waals surface area contributed by atoms with Gasteiger partial charge in [0, 0.05) is 22.2 Å². The van der Waals surface area contributed by atoms with Crippen LogP contribution in [0.25, 0.3) is 11.1 Å². The van der Waals surface area contributed by atoms with Crippen molar-refractivity contribution in [2.45, 2.75) is 6.54 Å². The summed E-state index contributed by atoms with van der Waals surface area (Å²) in [5.74, 6) is 0.113. The average Bonchev–Trinajstić information content (AvgIpc) is 2.57. The highest BCUT2D eigenvalue weighted by atomic mass is 79.9. The number of Topliss-reactive ketones (excluding diaryl/α,β-unsaturated/α-hetero) is 1. The molecule has 2 nitrogen and oxygen atoms in total. The van der Waals surface area contributed by atoms with E-state index in [1.54, 1.807) is 0 Å². The van der Waals surface area contributed by atoms with Gasteiger partial charge >= 0.3 is 0 Å². The van der Waals surface area contributed by atoms with Gasteiger partial charge in [-0.25, -0.2) is 0 Å². The lowest BCUT2D eigenvalue weighted by atomic mass is 10.1. The maximum absolute atomic E-state index is 12.2. The maximum Gasteiger partial charge on any atom is 0.227 e. The van der Waals surface area contributed by atoms with Crippen molar-refractivity contribution in [3.05, 3.63) is 89.2 Å². The number of rotatable bonds is 4. The Morgan fingerprint density at radius 1 is 0.818 bits per heavy atom. The number of pyridine rings is 1. The van der Waals surface area contributed by atoms with Gasteiger partial charge in [0.05, 0.1) is 0 Å². The molecule has 0 fully saturated rings. The molecule has 3 rings (SSSR count). The van der Waals surface area contributed by atoms with Crippen LogP contribution in [0, 0.1) is 0 Å². The smallest absolute Gasteiger partial charge is 0.227 e. The quantitative estimate of drug-likeness (QED) is 0.506. The standard InChI is InChI=1S/C19H15BrNO/c20-18-8-6-15(7-9-18)16-10-12-21(13-11-16)14-19(22)17-4-2-1-3-5-17/h1-13H,14H2/q+1. The molecule has 0 N–H and O–H groups in total. The van der Waals surface area contributed by atoms with Crippen molar-refractivity contribution in [1.82, 2.24) is 0 Å². The summed E-state index contributed by atoms with van der Waals surface area (Å²) in [6, 6.07) is 21.6. The SMILES string of the molecule is O=C(C[n+]1ccc(-c2ccc(Br)cc2)cc1)c1ccccc1. The van der Waals surface area contributed by atoms with Crippen LogP contribution in [0.3, 0.4) is 0 Å². The third-order valence-corrected chi connectivity index (χ3v) is 4.02. The summed E-state index contributed by atoms with van der Waals surface area (Å²) in [4.78, 5) is 12.2. The molecule has 3 aromatic rings. The predicted molar refractivity (Wildman–Crippen MR) is 90.5 cm³/mol. The summed E-state index contributed by atoms with van der Waals surface area (Å²) < 4.78 is 2.97. The molecule has 0 spiro atoms. The third kappa shape index (κ3) is 3.49. The third-order valence-electron chi connectivity index (χ3n) is 3.49. The Hall–Kier alpha value is -2.26. The van der Waals surface area contributed by atoms with E-state index in [1.807, 2.05) is 71.6 Å². The lowest BCUT2D eigenvalue weighted by Gasteiger charge is -2.02. The molecule has 2 aromatic carbocycles. The van der Waals surface area contributed by atoms with Crippen LogP contribution in [0.15, 0.2) is 83.6 Å². The number of carbonyl (C=O) groups excluding carboxylic acids is 1. The number of hydrogen-bond donors (Lipinski definition) is 0. The van der Waals surface area contributed by atoms with E-state index in [0.29, 0.717) is 6.54 Å². The molecule has 3 heteroatoms. The second-order valence-corrected chi connectivity index (χ2v) is 5.97. The molecule has 1 aromatic heterocycles. The molecule has 0 atom stereocenters. The van der Waals surface area contributed by atoms with Gasteiger partial charge in [-0.15, -0.1) is 0 Å². The van der Waals surface area contributed by atoms with Gasteiger partial charge in [-0.05, 0) is 23.3 Å². The molecule has 108 valence electrons. The number of benzene rings is 2. The summed E-state index contributed by atoms with van der Waals surface area (Å²) >= 11 is 3.44. The fourth-order valence-electron chi connectivity index (χ4n) is 2.28. The Kier molecular flexibility index (Phi) is 4.45. The Labute approximate surface area is 138 Å². The first-order chi connectivity index (χ1) is 10.7. The molecule has 0 aliphatic heterocycles. The predicted octanol–water partition coefficient (Wildman–Crippen LogP) is 4.29. The zero-order valence-corrected chi connectivity index (χ0v) is 13.5. The number of hydrogen-bond acceptors (Lipinski definition) is 1. The number of halogens is 1. The van der Waals surface area contributed by atoms with E-state index in [9.17, 15) is 4.79 Å². The van der Waals surface area contributed by atoms with Gasteiger partial charge in [-0.2, -0.15) is 4.57 Å². The Bertz CT molecular complexity index is 765. The minimum absolute atomic E-state index is 0.113. The average molecular weight is 353 g/mol. The molecule has 1 heterocycles. The van der Waals surface area contributed by atoms with E-state index in [0.717, 1.165) is 21.2 Å². The van der Waals surface area contributed by atoms with Gasteiger partial charge in [0.2, 0.25) is 12.3 Å². The summed E-state index contributed by atoms with van der Waals surface area (Å²) in [5.41, 5.74) is 3.03. The molecular weight excluding hydrogens is 338 g/mol. The second-order valence-electron chi connectivity index (χ2n) is 5.06. The molecule has 0 radical (unpaired) electrons. The van der Waals surface area contributed by atoms with Crippen LogP contribution in [-0.2, 0) is 6.54 Å². The molecule has 0 aliphatic carbocycles. The van der Waals surface area contributed by atoms with E-state index in [4.69, 9.17) is 0 Å². The lowest BCUT2D eigenvalue weighted by Crippen LogP contribution is -2.37. The summed E-state index contributed by atoms with van der Waals surface area (Å²) in [6.07, 6.45) is 3.89. The molecule has 22 heavy (non-hydrogen) atoms. The molecule has 0 saturated heterocycles. The fraction of sp³-hybridized carbons (Fsp3) is 0.0526. The second kappa shape index (κ2) is 6.67. The Balaban J connectivity index is 1.74. The highest BCUT2D eigenvalue weighted by Crippen LogP contribution is 2.20. The van der Waals surface area contributed by atoms with Gasteiger partial charge < -0.3 is 0 Å². The summed E-state index contributed by atoms with van der Waals surface area (Å²) in [5, 5.41) is 0. The van der Waals surface area contributed by atoms with Crippen molar-refractivity contribution in [1.29, 1.82) is 0 Å². The van der Waals surface area contributed by atoms with Crippen LogP contribution in [0.2, 0.25) is 0 Å². The first-order valence-corrected chi connectivity index (χ1v) is 7.85. The molecule has 0 aliphatic rings. The van der Waals surface area contributed by atoms with E-state index in [2.05, 4.69) is 28.1 Å². The first kappa shape index (κ1) is 14.7. The molecule has 0 amide bonds. The Morgan fingerprint density at radius 3 is 2.05 bits per heavy atom. The number of nitrogens with zero attached hydrogens (tertiary/aromatic N) is 1. The number of carbonyl (C=O) groups is 1. The van der Waals surface area contributed by atoms with Crippen molar-refractivity contribution < 1.29 is 9.36 Å². The minimum Gasteiger partial charge on any atom is -0.287 e. The molecule has 0 bridgehead atoms. The number of ketones is 1. The maximum atomic E-state index is 12.2. The van der Waals surface area contributed by atoms with Crippen LogP contribution in [0.1, 0.15) is 10.4 Å². The van der Waals surface area contributed by atoms with E-state index in [-0.39, 0.29) is 5.78 Å². The minimum atomic E-state index is 0.113. The van der Waals surface area contributed by atoms with Crippen LogP contribution in [0.5, 0.6) is 0 Å². The highest BCUT2D eigenvalue weighted by Gasteiger charge is 2.11. The first-order valence-electron chi connectivity index (χ1n) is 7.06. The van der Waals surface area contributed by atoms with Crippen molar-refractivity contribution in [3.8, 4) is 11.1 Å². The van der Waals surface area contributed by atoms with E-state index in [1.165, 1.54) is 0 Å². The highest BCUT2D eigenvalue weighted by molar-refractivity contribution is 9.10. The van der Waals surface area contributed by atoms with Crippen molar-refractivity contribution >= 4 is 21.7 Å². The van der Waals surface area contributed by atoms with Crippen molar-refractivity contribution in [2.24, 2.45) is 0 Å². The molecular formula is C19H15BrNO+. The molecule has 0 saturated carbocycles. The van der Waals surface area contributed by atoms with Crippen LogP contribution < -0.4 is 4.57 Å². The fourth-order valence-corrected chi connectivity index (χ4v) is 2.54. The summed E-state index contributed by atoms with van der Waals surface area (Å²) in [7, 11) is 0. The lowest BCUT2D eigenvalue weighted by molar-refractivity contribution is -0.683. The number of aromatic nitrogens is 1. The van der Waals surface area contributed by atoms with Gasteiger partial charge in [-0.3, -0.25) is 4.79 Å². The Morgan fingerprint density at radius 2 is 1.41 bits per heavy atom. The molecule has 0 unspecified atom stereocenters. The zero-order chi connectivity index (χ0) is 15.4. The largest absolute Gasteiger partial charge is 0.287 e. The van der Waals surface area contributed by atoms with Gasteiger partial charge in [0.1, 0.15) is 0 Å². The monoisotopic (exact) mass is 352 g/mol. The topological polar surface area (TPSA) is 20.9 Å². The summed E-state index contributed by atoms with van der Waals surface area (Å²) in [6.45, 7) is 0.352. The van der Waals surface area contributed by atoms with Crippen LogP contribution >= 0.6 is 15.9 Å². The zero-order valence-electron chi connectivity index (χ0n) is 11.9. The van der Waals surface area contributed by atoms with E-state index < -0.39 is 0 Å². The normalized spacial score (nSPS) is 10.4. The van der Waals surface area contributed by atoms with Gasteiger partial charge in [-0.1, -0.05) is 58.4 Å². The van der Waals surface area contributed by atoms with Gasteiger partial charge in [0.15, 0.2) is 12.4 Å². The van der Waals surface area contributed by atoms with Crippen LogP contribution in [-0.4, -0.2) is 5.78 Å². The van der Waals surface area contributed by atoms with Gasteiger partial charge in [0.25, 0.3) is 0 Å². The van der Waals surface area contributed by atoms with Crippen molar-refractivity contribution in [3.63, 3.8) is 0 Å². The van der Waals surface area contributed by atoms with E-state index >= 15 is 0 Å². The van der Waals surface area contributed by atoms with Crippen LogP contribution in [0.4, 0.5) is 0 Å².